The van der Waals surface area contributed by atoms with Gasteiger partial charge in [-0.15, -0.1) is 0 Å². The Balaban J connectivity index is 1.80. The quantitative estimate of drug-likeness (QED) is 0.868. The first kappa shape index (κ1) is 15.3. The first-order chi connectivity index (χ1) is 9.70. The van der Waals surface area contributed by atoms with Gasteiger partial charge in [-0.3, -0.25) is 0 Å². The van der Waals surface area contributed by atoms with Gasteiger partial charge in [0.05, 0.1) is 6.61 Å². The molecule has 0 aromatic heterocycles. The van der Waals surface area contributed by atoms with E-state index in [0.29, 0.717) is 17.9 Å². The minimum atomic E-state index is 0.476. The summed E-state index contributed by atoms with van der Waals surface area (Å²) >= 11 is 0. The van der Waals surface area contributed by atoms with Crippen LogP contribution in [-0.4, -0.2) is 37.2 Å². The van der Waals surface area contributed by atoms with Crippen LogP contribution in [-0.2, 0) is 0 Å². The van der Waals surface area contributed by atoms with Crippen LogP contribution < -0.4 is 10.5 Å². The van der Waals surface area contributed by atoms with Gasteiger partial charge in [0, 0.05) is 12.0 Å². The molecule has 1 aliphatic rings. The minimum Gasteiger partial charge on any atom is -0.493 e. The van der Waals surface area contributed by atoms with Crippen LogP contribution in [0.1, 0.15) is 26.7 Å². The molecule has 0 spiro atoms. The van der Waals surface area contributed by atoms with Gasteiger partial charge in [0.25, 0.3) is 0 Å². The Morgan fingerprint density at radius 3 is 2.40 bits per heavy atom. The Labute approximate surface area is 123 Å². The van der Waals surface area contributed by atoms with Gasteiger partial charge in [0.15, 0.2) is 0 Å². The van der Waals surface area contributed by atoms with Gasteiger partial charge in [0.1, 0.15) is 5.75 Å². The highest BCUT2D eigenvalue weighted by Gasteiger charge is 2.27. The maximum absolute atomic E-state index is 5.97. The van der Waals surface area contributed by atoms with E-state index in [2.05, 4.69) is 18.7 Å². The van der Waals surface area contributed by atoms with Crippen LogP contribution in [0.15, 0.2) is 30.3 Å². The van der Waals surface area contributed by atoms with E-state index in [4.69, 9.17) is 10.5 Å². The monoisotopic (exact) mass is 276 g/mol. The zero-order chi connectivity index (χ0) is 14.4. The second-order valence-electron chi connectivity index (χ2n) is 6.09. The van der Waals surface area contributed by atoms with Gasteiger partial charge in [-0.2, -0.15) is 0 Å². The van der Waals surface area contributed by atoms with E-state index in [0.717, 1.165) is 18.9 Å². The lowest BCUT2D eigenvalue weighted by Crippen LogP contribution is -2.42. The molecule has 1 atom stereocenters. The van der Waals surface area contributed by atoms with Crippen molar-refractivity contribution in [2.45, 2.75) is 32.7 Å². The Bertz CT molecular complexity index is 372. The smallest absolute Gasteiger partial charge is 0.119 e. The topological polar surface area (TPSA) is 38.5 Å². The molecule has 20 heavy (non-hydrogen) atoms. The predicted molar refractivity (Wildman–Crippen MR) is 83.9 cm³/mol. The average molecular weight is 276 g/mol. The van der Waals surface area contributed by atoms with Gasteiger partial charge in [-0.25, -0.2) is 0 Å². The van der Waals surface area contributed by atoms with Gasteiger partial charge in [-0.05, 0) is 64.4 Å². The molecular formula is C17H28N2O. The van der Waals surface area contributed by atoms with E-state index < -0.39 is 0 Å². The molecule has 1 aromatic rings. The van der Waals surface area contributed by atoms with Crippen LogP contribution in [0.4, 0.5) is 0 Å². The zero-order valence-electron chi connectivity index (χ0n) is 12.8. The maximum atomic E-state index is 5.97. The van der Waals surface area contributed by atoms with Crippen molar-refractivity contribution < 1.29 is 4.74 Å². The lowest BCUT2D eigenvalue weighted by molar-refractivity contribution is 0.101. The predicted octanol–water partition coefficient (Wildman–Crippen LogP) is 2.76. The summed E-state index contributed by atoms with van der Waals surface area (Å²) in [5.41, 5.74) is 5.97. The number of para-hydroxylation sites is 1. The molecule has 0 bridgehead atoms. The molecule has 2 rings (SSSR count). The van der Waals surface area contributed by atoms with Crippen LogP contribution in [0.3, 0.4) is 0 Å². The third kappa shape index (κ3) is 4.22. The molecule has 1 saturated heterocycles. The fourth-order valence-electron chi connectivity index (χ4n) is 3.02. The van der Waals surface area contributed by atoms with E-state index in [1.807, 2.05) is 30.3 Å². The third-order valence-corrected chi connectivity index (χ3v) is 4.48. The average Bonchev–Trinajstić information content (AvgIpc) is 2.49. The van der Waals surface area contributed by atoms with Crippen LogP contribution >= 0.6 is 0 Å². The van der Waals surface area contributed by atoms with Crippen molar-refractivity contribution in [3.63, 3.8) is 0 Å². The van der Waals surface area contributed by atoms with Crippen molar-refractivity contribution in [3.05, 3.63) is 30.3 Å². The molecule has 3 nitrogen and oxygen atoms in total. The van der Waals surface area contributed by atoms with Crippen molar-refractivity contribution in [1.29, 1.82) is 0 Å². The summed E-state index contributed by atoms with van der Waals surface area (Å²) in [7, 11) is 0. The molecule has 3 heteroatoms. The summed E-state index contributed by atoms with van der Waals surface area (Å²) in [5, 5.41) is 0. The maximum Gasteiger partial charge on any atom is 0.119 e. The molecule has 2 N–H and O–H groups in total. The standard InChI is InChI=1S/C17H28N2O/c1-14(2)19-10-8-15(9-11-19)16(12-18)13-20-17-6-4-3-5-7-17/h3-7,14-16H,8-13,18H2,1-2H3. The molecule has 1 aliphatic heterocycles. The molecule has 0 amide bonds. The summed E-state index contributed by atoms with van der Waals surface area (Å²) in [5.74, 6) is 2.13. The van der Waals surface area contributed by atoms with Gasteiger partial charge < -0.3 is 15.4 Å². The van der Waals surface area contributed by atoms with Gasteiger partial charge in [-0.1, -0.05) is 18.2 Å². The Morgan fingerprint density at radius 2 is 1.85 bits per heavy atom. The van der Waals surface area contributed by atoms with Crippen LogP contribution in [0, 0.1) is 11.8 Å². The molecule has 112 valence electrons. The number of nitrogens with two attached hydrogens (primary N) is 1. The molecule has 1 aromatic carbocycles. The first-order valence-corrected chi connectivity index (χ1v) is 7.82. The number of hydrogen-bond acceptors (Lipinski definition) is 3. The Morgan fingerprint density at radius 1 is 1.20 bits per heavy atom. The Hall–Kier alpha value is -1.06. The first-order valence-electron chi connectivity index (χ1n) is 7.82. The van der Waals surface area contributed by atoms with Gasteiger partial charge >= 0.3 is 0 Å². The molecule has 0 saturated carbocycles. The van der Waals surface area contributed by atoms with Crippen molar-refractivity contribution in [3.8, 4) is 5.75 Å². The summed E-state index contributed by atoms with van der Waals surface area (Å²) in [4.78, 5) is 2.56. The molecule has 1 fully saturated rings. The van der Waals surface area contributed by atoms with Crippen LogP contribution in [0.2, 0.25) is 0 Å². The number of likely N-dealkylation sites (tertiary alicyclic amines) is 1. The normalized spacial score (nSPS) is 19.2. The van der Waals surface area contributed by atoms with E-state index in [9.17, 15) is 0 Å². The number of nitrogens with zero attached hydrogens (tertiary/aromatic N) is 1. The van der Waals surface area contributed by atoms with Crippen LogP contribution in [0.5, 0.6) is 5.75 Å². The van der Waals surface area contributed by atoms with E-state index in [-0.39, 0.29) is 0 Å². The highest BCUT2D eigenvalue weighted by molar-refractivity contribution is 5.20. The summed E-state index contributed by atoms with van der Waals surface area (Å²) < 4.78 is 5.89. The summed E-state index contributed by atoms with van der Waals surface area (Å²) in [6.07, 6.45) is 2.50. The largest absolute Gasteiger partial charge is 0.493 e. The lowest BCUT2D eigenvalue weighted by Gasteiger charge is -2.37. The van der Waals surface area contributed by atoms with E-state index in [1.165, 1.54) is 25.9 Å². The molecule has 1 unspecified atom stereocenters. The number of ether oxygens (including phenoxy) is 1. The Kier molecular flexibility index (Phi) is 5.86. The minimum absolute atomic E-state index is 0.476. The van der Waals surface area contributed by atoms with Crippen molar-refractivity contribution in [2.75, 3.05) is 26.2 Å². The number of rotatable bonds is 6. The molecular weight excluding hydrogens is 248 g/mol. The van der Waals surface area contributed by atoms with E-state index in [1.54, 1.807) is 0 Å². The SMILES string of the molecule is CC(C)N1CCC(C(CN)COc2ccccc2)CC1. The third-order valence-electron chi connectivity index (χ3n) is 4.48. The second kappa shape index (κ2) is 7.65. The zero-order valence-corrected chi connectivity index (χ0v) is 12.8. The highest BCUT2D eigenvalue weighted by atomic mass is 16.5. The number of benzene rings is 1. The molecule has 1 heterocycles. The molecule has 0 aliphatic carbocycles. The van der Waals surface area contributed by atoms with Crippen molar-refractivity contribution in [1.82, 2.24) is 4.90 Å². The van der Waals surface area contributed by atoms with Crippen molar-refractivity contribution in [2.24, 2.45) is 17.6 Å². The molecule has 0 radical (unpaired) electrons. The van der Waals surface area contributed by atoms with Crippen LogP contribution in [0.25, 0.3) is 0 Å². The van der Waals surface area contributed by atoms with Crippen molar-refractivity contribution >= 4 is 0 Å². The number of piperidine rings is 1. The summed E-state index contributed by atoms with van der Waals surface area (Å²) in [6.45, 7) is 8.42. The fraction of sp³-hybridized carbons (Fsp3) is 0.647. The van der Waals surface area contributed by atoms with Gasteiger partial charge in [0.2, 0.25) is 0 Å². The summed E-state index contributed by atoms with van der Waals surface area (Å²) in [6, 6.07) is 10.7. The van der Waals surface area contributed by atoms with E-state index >= 15 is 0 Å². The second-order valence-corrected chi connectivity index (χ2v) is 6.09. The lowest BCUT2D eigenvalue weighted by atomic mass is 9.84. The fourth-order valence-corrected chi connectivity index (χ4v) is 3.02. The highest BCUT2D eigenvalue weighted by Crippen LogP contribution is 2.26. The number of hydrogen-bond donors (Lipinski definition) is 1.